The number of anilines is 1. The lowest BCUT2D eigenvalue weighted by Gasteiger charge is -2.27. The molecule has 4 aromatic rings. The molecule has 11 nitrogen and oxygen atoms in total. The highest BCUT2D eigenvalue weighted by molar-refractivity contribution is 7.52. The first kappa shape index (κ1) is 32.7. The summed E-state index contributed by atoms with van der Waals surface area (Å²) in [4.78, 5) is 22.0. The van der Waals surface area contributed by atoms with Crippen LogP contribution in [0.5, 0.6) is 5.75 Å². The van der Waals surface area contributed by atoms with E-state index in [1.807, 2.05) is 56.5 Å². The van der Waals surface area contributed by atoms with Crippen LogP contribution < -0.4 is 15.3 Å². The van der Waals surface area contributed by atoms with Gasteiger partial charge in [-0.05, 0) is 56.5 Å². The summed E-state index contributed by atoms with van der Waals surface area (Å²) in [6, 6.07) is 13.0. The third-order valence-electron chi connectivity index (χ3n) is 6.28. The predicted octanol–water partition coefficient (Wildman–Crippen LogP) is 6.52. The number of imidazole rings is 1. The number of halogens is 1. The molecule has 2 aromatic carbocycles. The minimum absolute atomic E-state index is 0.194. The summed E-state index contributed by atoms with van der Waals surface area (Å²) < 4.78 is 39.3. The molecule has 0 spiro atoms. The van der Waals surface area contributed by atoms with Crippen LogP contribution in [0.3, 0.4) is 0 Å². The van der Waals surface area contributed by atoms with Crippen LogP contribution in [-0.4, -0.2) is 45.9 Å². The van der Waals surface area contributed by atoms with E-state index in [0.29, 0.717) is 34.3 Å². The van der Waals surface area contributed by atoms with Gasteiger partial charge in [0.1, 0.15) is 29.7 Å². The lowest BCUT2D eigenvalue weighted by molar-refractivity contribution is -0.148. The van der Waals surface area contributed by atoms with E-state index in [1.54, 1.807) is 38.1 Å². The van der Waals surface area contributed by atoms with Crippen LogP contribution in [0.15, 0.2) is 48.5 Å². The molecule has 0 fully saturated rings. The van der Waals surface area contributed by atoms with Gasteiger partial charge in [0.05, 0.1) is 30.3 Å². The summed E-state index contributed by atoms with van der Waals surface area (Å²) in [5.74, 6) is 0.565. The average Bonchev–Trinajstić information content (AvgIpc) is 3.29. The van der Waals surface area contributed by atoms with E-state index in [4.69, 9.17) is 40.8 Å². The maximum Gasteiger partial charge on any atom is 0.459 e. The van der Waals surface area contributed by atoms with Crippen molar-refractivity contribution in [3.05, 3.63) is 59.4 Å². The Hall–Kier alpha value is -3.21. The zero-order valence-corrected chi connectivity index (χ0v) is 26.9. The molecule has 43 heavy (non-hydrogen) atoms. The second-order valence-electron chi connectivity index (χ2n) is 11.5. The number of hydrogen-bond donors (Lipinski definition) is 2. The Morgan fingerprint density at radius 2 is 1.81 bits per heavy atom. The summed E-state index contributed by atoms with van der Waals surface area (Å²) in [6.45, 7) is 12.2. The molecule has 0 radical (unpaired) electrons. The minimum Gasteiger partial charge on any atom is -0.464 e. The number of carbonyl (C=O) groups is 1. The number of rotatable bonds is 13. The quantitative estimate of drug-likeness (QED) is 0.124. The number of nitrogens with one attached hydrogen (secondary N) is 1. The number of esters is 1. The van der Waals surface area contributed by atoms with Crippen molar-refractivity contribution in [2.24, 2.45) is 5.41 Å². The highest BCUT2D eigenvalue weighted by atomic mass is 35.5. The standard InChI is InChI=1S/C30H39ClN5O6P/c1-7-39-17-25-34-26-27(23-10-8-9-11-24(23)33-28(26)32)36(25)16-19(2)41-43(38,42-22-14-12-21(31)13-15-22)35-20(3)29(37)40-18-30(4,5)6/h8-15,19-20H,7,16-18H2,1-6H3,(H2,32,33)(H,35,38)/t19-,20+,43+/m1/s1. The lowest BCUT2D eigenvalue weighted by atomic mass is 9.99. The van der Waals surface area contributed by atoms with Gasteiger partial charge in [0.25, 0.3) is 0 Å². The molecule has 0 saturated heterocycles. The second-order valence-corrected chi connectivity index (χ2v) is 13.5. The molecule has 4 rings (SSSR count). The van der Waals surface area contributed by atoms with Gasteiger partial charge in [-0.25, -0.2) is 14.5 Å². The van der Waals surface area contributed by atoms with Crippen molar-refractivity contribution < 1.29 is 27.9 Å². The molecule has 2 aromatic heterocycles. The van der Waals surface area contributed by atoms with Crippen LogP contribution in [0.1, 0.15) is 47.4 Å². The van der Waals surface area contributed by atoms with E-state index in [1.165, 1.54) is 0 Å². The summed E-state index contributed by atoms with van der Waals surface area (Å²) >= 11 is 6.03. The molecule has 232 valence electrons. The van der Waals surface area contributed by atoms with Crippen molar-refractivity contribution >= 4 is 53.1 Å². The zero-order valence-electron chi connectivity index (χ0n) is 25.3. The number of aromatic nitrogens is 3. The normalized spacial score (nSPS) is 14.9. The average molecular weight is 632 g/mol. The van der Waals surface area contributed by atoms with Crippen molar-refractivity contribution in [2.45, 2.75) is 66.8 Å². The largest absolute Gasteiger partial charge is 0.464 e. The fraction of sp³-hybridized carbons (Fsp3) is 0.433. The molecular weight excluding hydrogens is 593 g/mol. The Kier molecular flexibility index (Phi) is 10.4. The molecule has 0 bridgehead atoms. The fourth-order valence-electron chi connectivity index (χ4n) is 4.35. The molecule has 3 atom stereocenters. The molecule has 13 heteroatoms. The smallest absolute Gasteiger partial charge is 0.459 e. The predicted molar refractivity (Wildman–Crippen MR) is 168 cm³/mol. The molecule has 0 unspecified atom stereocenters. The molecule has 0 aliphatic carbocycles. The SMILES string of the molecule is CCOCc1nc2c(N)nc3ccccc3c2n1C[C@@H](C)O[P@@](=O)(N[C@@H](C)C(=O)OCC(C)(C)C)Oc1ccc(Cl)cc1. The van der Waals surface area contributed by atoms with Gasteiger partial charge in [-0.2, -0.15) is 5.09 Å². The number of nitrogens with two attached hydrogens (primary N) is 1. The third-order valence-corrected chi connectivity index (χ3v) is 8.32. The second kappa shape index (κ2) is 13.6. The van der Waals surface area contributed by atoms with E-state index in [2.05, 4.69) is 10.1 Å². The number of carbonyl (C=O) groups excluding carboxylic acids is 1. The summed E-state index contributed by atoms with van der Waals surface area (Å²) in [6.07, 6.45) is -0.700. The molecule has 3 N–H and O–H groups in total. The van der Waals surface area contributed by atoms with E-state index < -0.39 is 25.9 Å². The van der Waals surface area contributed by atoms with Crippen molar-refractivity contribution in [1.29, 1.82) is 0 Å². The van der Waals surface area contributed by atoms with Crippen molar-refractivity contribution in [2.75, 3.05) is 18.9 Å². The van der Waals surface area contributed by atoms with Crippen molar-refractivity contribution in [3.63, 3.8) is 0 Å². The summed E-state index contributed by atoms with van der Waals surface area (Å²) in [7, 11) is -4.16. The van der Waals surface area contributed by atoms with Crippen LogP contribution in [0, 0.1) is 5.41 Å². The first-order valence-corrected chi connectivity index (χ1v) is 16.0. The molecule has 0 aliphatic heterocycles. The first-order valence-electron chi connectivity index (χ1n) is 14.1. The summed E-state index contributed by atoms with van der Waals surface area (Å²) in [5, 5.41) is 4.09. The molecule has 0 amide bonds. The Labute approximate surface area is 256 Å². The Morgan fingerprint density at radius 1 is 1.12 bits per heavy atom. The number of hydrogen-bond acceptors (Lipinski definition) is 9. The first-order chi connectivity index (χ1) is 20.3. The van der Waals surface area contributed by atoms with Crippen LogP contribution in [-0.2, 0) is 36.5 Å². The van der Waals surface area contributed by atoms with Crippen LogP contribution in [0.2, 0.25) is 5.02 Å². The number of pyridine rings is 1. The Balaban J connectivity index is 1.66. The molecule has 2 heterocycles. The summed E-state index contributed by atoms with van der Waals surface area (Å²) in [5.41, 5.74) is 8.08. The van der Waals surface area contributed by atoms with E-state index in [-0.39, 0.29) is 30.9 Å². The van der Waals surface area contributed by atoms with Gasteiger partial charge in [0.2, 0.25) is 0 Å². The number of nitrogens with zero attached hydrogens (tertiary/aromatic N) is 3. The molecule has 0 aliphatic rings. The topological polar surface area (TPSA) is 140 Å². The number of benzene rings is 2. The van der Waals surface area contributed by atoms with Crippen molar-refractivity contribution in [3.8, 4) is 5.75 Å². The van der Waals surface area contributed by atoms with Crippen LogP contribution in [0.25, 0.3) is 21.9 Å². The number of para-hydroxylation sites is 1. The zero-order chi connectivity index (χ0) is 31.4. The fourth-order valence-corrected chi connectivity index (χ4v) is 6.15. The van der Waals surface area contributed by atoms with Gasteiger partial charge < -0.3 is 24.3 Å². The Bertz CT molecular complexity index is 1620. The van der Waals surface area contributed by atoms with E-state index >= 15 is 0 Å². The highest BCUT2D eigenvalue weighted by Crippen LogP contribution is 2.46. The van der Waals surface area contributed by atoms with Gasteiger partial charge in [0, 0.05) is 17.0 Å². The number of ether oxygens (including phenoxy) is 2. The highest BCUT2D eigenvalue weighted by Gasteiger charge is 2.35. The maximum atomic E-state index is 14.2. The minimum atomic E-state index is -4.16. The van der Waals surface area contributed by atoms with Gasteiger partial charge in [-0.15, -0.1) is 0 Å². The van der Waals surface area contributed by atoms with Gasteiger partial charge >= 0.3 is 13.7 Å². The molecular formula is C30H39ClN5O6P. The van der Waals surface area contributed by atoms with Crippen LogP contribution in [0.4, 0.5) is 5.82 Å². The van der Waals surface area contributed by atoms with Gasteiger partial charge in [-0.3, -0.25) is 9.32 Å². The lowest BCUT2D eigenvalue weighted by Crippen LogP contribution is -2.37. The van der Waals surface area contributed by atoms with E-state index in [9.17, 15) is 9.36 Å². The number of nitrogen functional groups attached to an aromatic ring is 1. The maximum absolute atomic E-state index is 14.2. The van der Waals surface area contributed by atoms with Gasteiger partial charge in [0.15, 0.2) is 5.82 Å². The van der Waals surface area contributed by atoms with Crippen molar-refractivity contribution in [1.82, 2.24) is 19.6 Å². The Morgan fingerprint density at radius 3 is 2.49 bits per heavy atom. The van der Waals surface area contributed by atoms with Gasteiger partial charge in [-0.1, -0.05) is 50.6 Å². The van der Waals surface area contributed by atoms with Crippen LogP contribution >= 0.6 is 19.3 Å². The monoisotopic (exact) mass is 631 g/mol. The molecule has 0 saturated carbocycles. The number of fused-ring (bicyclic) bond motifs is 3. The third kappa shape index (κ3) is 8.46. The van der Waals surface area contributed by atoms with E-state index in [0.717, 1.165) is 10.9 Å².